The van der Waals surface area contributed by atoms with Crippen molar-refractivity contribution in [3.8, 4) is 11.5 Å². The maximum atomic E-state index is 12.0. The van der Waals surface area contributed by atoms with Crippen LogP contribution in [0.4, 0.5) is 0 Å². The van der Waals surface area contributed by atoms with E-state index in [9.17, 15) is 4.79 Å². The van der Waals surface area contributed by atoms with Crippen LogP contribution < -0.4 is 9.47 Å². The third-order valence-corrected chi connectivity index (χ3v) is 5.38. The van der Waals surface area contributed by atoms with Crippen LogP contribution in [0.1, 0.15) is 32.8 Å². The van der Waals surface area contributed by atoms with Crippen LogP contribution in [0.25, 0.3) is 5.57 Å². The smallest absolute Gasteiger partial charge is 0.349 e. The summed E-state index contributed by atoms with van der Waals surface area (Å²) in [5.41, 5.74) is 1.54. The maximum absolute atomic E-state index is 12.0. The number of nitrogens with zero attached hydrogens (tertiary/aromatic N) is 1. The van der Waals surface area contributed by atoms with Gasteiger partial charge in [0.1, 0.15) is 18.1 Å². The molecule has 1 aliphatic heterocycles. The van der Waals surface area contributed by atoms with Crippen LogP contribution in [0.3, 0.4) is 0 Å². The Balaban J connectivity index is 1.47. The molecule has 0 saturated heterocycles. The van der Waals surface area contributed by atoms with Gasteiger partial charge >= 0.3 is 5.97 Å². The van der Waals surface area contributed by atoms with Crippen LogP contribution in [0.5, 0.6) is 11.5 Å². The lowest BCUT2D eigenvalue weighted by Gasteiger charge is -2.26. The minimum atomic E-state index is -1.06. The van der Waals surface area contributed by atoms with Crippen molar-refractivity contribution in [3.63, 3.8) is 0 Å². The zero-order chi connectivity index (χ0) is 22.3. The SMILES string of the molecule is CCOC(=O)C(C)(C)Oc1cccc(OCCN2CC=C(c3ccc(Cl)cc3)CC2)c1. The van der Waals surface area contributed by atoms with E-state index in [4.69, 9.17) is 25.8 Å². The Labute approximate surface area is 189 Å². The van der Waals surface area contributed by atoms with Gasteiger partial charge in [0.2, 0.25) is 0 Å². The van der Waals surface area contributed by atoms with E-state index >= 15 is 0 Å². The molecule has 31 heavy (non-hydrogen) atoms. The fourth-order valence-electron chi connectivity index (χ4n) is 3.40. The molecule has 0 unspecified atom stereocenters. The molecule has 0 radical (unpaired) electrons. The highest BCUT2D eigenvalue weighted by molar-refractivity contribution is 6.30. The van der Waals surface area contributed by atoms with E-state index in [2.05, 4.69) is 23.1 Å². The highest BCUT2D eigenvalue weighted by Gasteiger charge is 2.31. The van der Waals surface area contributed by atoms with Crippen LogP contribution >= 0.6 is 11.6 Å². The van der Waals surface area contributed by atoms with Crippen molar-refractivity contribution in [2.75, 3.05) is 32.8 Å². The molecule has 0 bridgehead atoms. The highest BCUT2D eigenvalue weighted by atomic mass is 35.5. The molecule has 0 aromatic heterocycles. The Hall–Kier alpha value is -2.50. The van der Waals surface area contributed by atoms with E-state index in [0.29, 0.717) is 24.7 Å². The summed E-state index contributed by atoms with van der Waals surface area (Å²) < 4.78 is 16.8. The number of ether oxygens (including phenoxy) is 3. The Morgan fingerprint density at radius 3 is 2.55 bits per heavy atom. The normalized spacial score (nSPS) is 14.6. The summed E-state index contributed by atoms with van der Waals surface area (Å²) in [6, 6.07) is 15.4. The third kappa shape index (κ3) is 6.74. The molecule has 1 aliphatic rings. The Bertz CT molecular complexity index is 908. The summed E-state index contributed by atoms with van der Waals surface area (Å²) >= 11 is 5.98. The predicted molar refractivity (Wildman–Crippen MR) is 124 cm³/mol. The van der Waals surface area contributed by atoms with E-state index in [-0.39, 0.29) is 0 Å². The van der Waals surface area contributed by atoms with E-state index in [0.717, 1.165) is 31.1 Å². The van der Waals surface area contributed by atoms with Gasteiger partial charge in [-0.05, 0) is 62.6 Å². The zero-order valence-corrected chi connectivity index (χ0v) is 19.2. The van der Waals surface area contributed by atoms with E-state index in [1.54, 1.807) is 26.8 Å². The highest BCUT2D eigenvalue weighted by Crippen LogP contribution is 2.25. The van der Waals surface area contributed by atoms with Gasteiger partial charge in [-0.15, -0.1) is 0 Å². The monoisotopic (exact) mass is 443 g/mol. The molecule has 0 spiro atoms. The van der Waals surface area contributed by atoms with Gasteiger partial charge in [-0.25, -0.2) is 4.79 Å². The molecule has 0 N–H and O–H groups in total. The number of carbonyl (C=O) groups excluding carboxylic acids is 1. The summed E-state index contributed by atoms with van der Waals surface area (Å²) in [6.45, 7) is 8.80. The second-order valence-corrected chi connectivity index (χ2v) is 8.38. The lowest BCUT2D eigenvalue weighted by molar-refractivity contribution is -0.158. The maximum Gasteiger partial charge on any atom is 0.349 e. The molecular formula is C25H30ClNO4. The van der Waals surface area contributed by atoms with Crippen molar-refractivity contribution in [3.05, 3.63) is 65.2 Å². The third-order valence-electron chi connectivity index (χ3n) is 5.13. The number of hydrogen-bond acceptors (Lipinski definition) is 5. The van der Waals surface area contributed by atoms with E-state index in [1.807, 2.05) is 30.3 Å². The minimum Gasteiger partial charge on any atom is -0.492 e. The molecule has 0 aliphatic carbocycles. The van der Waals surface area contributed by atoms with Crippen LogP contribution in [-0.4, -0.2) is 49.3 Å². The van der Waals surface area contributed by atoms with Gasteiger partial charge in [-0.1, -0.05) is 35.9 Å². The first-order valence-electron chi connectivity index (χ1n) is 10.6. The van der Waals surface area contributed by atoms with Crippen molar-refractivity contribution in [1.82, 2.24) is 4.90 Å². The first-order chi connectivity index (χ1) is 14.9. The molecule has 6 heteroatoms. The topological polar surface area (TPSA) is 48.0 Å². The minimum absolute atomic E-state index is 0.321. The largest absolute Gasteiger partial charge is 0.492 e. The molecule has 5 nitrogen and oxygen atoms in total. The van der Waals surface area contributed by atoms with Gasteiger partial charge < -0.3 is 14.2 Å². The molecule has 0 fully saturated rings. The van der Waals surface area contributed by atoms with Gasteiger partial charge in [0.15, 0.2) is 5.60 Å². The summed E-state index contributed by atoms with van der Waals surface area (Å²) in [5, 5.41) is 0.762. The van der Waals surface area contributed by atoms with Gasteiger partial charge in [-0.3, -0.25) is 4.90 Å². The molecule has 2 aromatic carbocycles. The lowest BCUT2D eigenvalue weighted by atomic mass is 10.00. The van der Waals surface area contributed by atoms with Gasteiger partial charge in [0.05, 0.1) is 6.61 Å². The molecule has 0 saturated carbocycles. The van der Waals surface area contributed by atoms with Gasteiger partial charge in [-0.2, -0.15) is 0 Å². The molecule has 1 heterocycles. The fraction of sp³-hybridized carbons (Fsp3) is 0.400. The number of carbonyl (C=O) groups is 1. The van der Waals surface area contributed by atoms with Gasteiger partial charge in [0, 0.05) is 30.7 Å². The number of hydrogen-bond donors (Lipinski definition) is 0. The zero-order valence-electron chi connectivity index (χ0n) is 18.4. The Kier molecular flexibility index (Phi) is 7.99. The van der Waals surface area contributed by atoms with Crippen LogP contribution in [-0.2, 0) is 9.53 Å². The standard InChI is InChI=1S/C25H30ClNO4/c1-4-29-24(28)25(2,3)31-23-7-5-6-22(18-23)30-17-16-27-14-12-20(13-15-27)19-8-10-21(26)11-9-19/h5-12,18H,4,13-17H2,1-3H3. The first kappa shape index (κ1) is 23.2. The van der Waals surface area contributed by atoms with Crippen molar-refractivity contribution >= 4 is 23.1 Å². The summed E-state index contributed by atoms with van der Waals surface area (Å²) in [4.78, 5) is 14.4. The fourth-order valence-corrected chi connectivity index (χ4v) is 3.53. The van der Waals surface area contributed by atoms with Gasteiger partial charge in [0.25, 0.3) is 0 Å². The summed E-state index contributed by atoms with van der Waals surface area (Å²) in [6.07, 6.45) is 3.28. The van der Waals surface area contributed by atoms with E-state index in [1.165, 1.54) is 11.1 Å². The number of rotatable bonds is 9. The molecule has 0 atom stereocenters. The Morgan fingerprint density at radius 2 is 1.87 bits per heavy atom. The van der Waals surface area contributed by atoms with Crippen molar-refractivity contribution in [2.24, 2.45) is 0 Å². The lowest BCUT2D eigenvalue weighted by Crippen LogP contribution is -2.39. The van der Waals surface area contributed by atoms with Crippen molar-refractivity contribution in [2.45, 2.75) is 32.8 Å². The Morgan fingerprint density at radius 1 is 1.13 bits per heavy atom. The molecule has 3 rings (SSSR count). The van der Waals surface area contributed by atoms with Crippen LogP contribution in [0.2, 0.25) is 5.02 Å². The van der Waals surface area contributed by atoms with Crippen LogP contribution in [0, 0.1) is 0 Å². The molecule has 2 aromatic rings. The van der Waals surface area contributed by atoms with Crippen LogP contribution in [0.15, 0.2) is 54.6 Å². The number of esters is 1. The number of benzene rings is 2. The molecule has 166 valence electrons. The predicted octanol–water partition coefficient (Wildman–Crippen LogP) is 5.23. The average molecular weight is 444 g/mol. The van der Waals surface area contributed by atoms with Crippen molar-refractivity contribution in [1.29, 1.82) is 0 Å². The second kappa shape index (κ2) is 10.7. The second-order valence-electron chi connectivity index (χ2n) is 7.94. The number of halogens is 1. The average Bonchev–Trinajstić information content (AvgIpc) is 2.75. The first-order valence-corrected chi connectivity index (χ1v) is 11.0. The molecule has 0 amide bonds. The summed E-state index contributed by atoms with van der Waals surface area (Å²) in [5.74, 6) is 0.896. The quantitative estimate of drug-likeness (QED) is 0.497. The summed E-state index contributed by atoms with van der Waals surface area (Å²) in [7, 11) is 0. The van der Waals surface area contributed by atoms with Crippen molar-refractivity contribution < 1.29 is 19.0 Å². The molecular weight excluding hydrogens is 414 g/mol. The van der Waals surface area contributed by atoms with E-state index < -0.39 is 11.6 Å².